The van der Waals surface area contributed by atoms with Crippen LogP contribution in [0, 0.1) is 0 Å². The molecule has 0 spiro atoms. The van der Waals surface area contributed by atoms with Gasteiger partial charge in [0.15, 0.2) is 0 Å². The average molecular weight is 357 g/mol. The summed E-state index contributed by atoms with van der Waals surface area (Å²) in [7, 11) is 3.70. The first-order chi connectivity index (χ1) is 12.3. The molecule has 1 amide bonds. The number of fused-ring (bicyclic) bond motifs is 1. The van der Waals surface area contributed by atoms with Gasteiger partial charge in [0.05, 0.1) is 24.5 Å². The predicted octanol–water partition coefficient (Wildman–Crippen LogP) is 3.69. The second-order valence-corrected chi connectivity index (χ2v) is 7.73. The number of benzene rings is 1. The Labute approximate surface area is 154 Å². The van der Waals surface area contributed by atoms with Crippen LogP contribution in [0.15, 0.2) is 30.5 Å². The molecular weight excluding hydrogens is 330 g/mol. The van der Waals surface area contributed by atoms with Crippen LogP contribution in [-0.2, 0) is 4.74 Å². The van der Waals surface area contributed by atoms with E-state index in [9.17, 15) is 4.79 Å². The molecule has 0 aliphatic carbocycles. The molecule has 3 rings (SSSR count). The van der Waals surface area contributed by atoms with Gasteiger partial charge in [0.25, 0.3) is 0 Å². The second kappa shape index (κ2) is 7.02. The summed E-state index contributed by atoms with van der Waals surface area (Å²) in [5, 5.41) is 1.07. The van der Waals surface area contributed by atoms with Crippen LogP contribution in [0.5, 0.6) is 5.75 Å². The first-order valence-corrected chi connectivity index (χ1v) is 8.91. The first-order valence-electron chi connectivity index (χ1n) is 8.91. The van der Waals surface area contributed by atoms with Crippen molar-refractivity contribution in [2.45, 2.75) is 38.8 Å². The molecule has 1 aliphatic heterocycles. The molecule has 0 N–H and O–H groups in total. The number of likely N-dealkylation sites (N-methyl/N-ethyl adjacent to an activating group) is 1. The van der Waals surface area contributed by atoms with E-state index in [4.69, 9.17) is 9.47 Å². The molecule has 1 aliphatic rings. The molecule has 1 atom stereocenters. The van der Waals surface area contributed by atoms with Crippen LogP contribution in [0.2, 0.25) is 0 Å². The minimum Gasteiger partial charge on any atom is -0.497 e. The average Bonchev–Trinajstić information content (AvgIpc) is 3.09. The monoisotopic (exact) mass is 357 g/mol. The van der Waals surface area contributed by atoms with Crippen molar-refractivity contribution in [3.63, 3.8) is 0 Å². The molecule has 1 aromatic heterocycles. The quantitative estimate of drug-likeness (QED) is 0.838. The van der Waals surface area contributed by atoms with Gasteiger partial charge >= 0.3 is 6.09 Å². The zero-order valence-corrected chi connectivity index (χ0v) is 16.2. The normalized spacial score (nSPS) is 17.4. The van der Waals surface area contributed by atoms with Gasteiger partial charge in [0.1, 0.15) is 11.4 Å². The van der Waals surface area contributed by atoms with Crippen molar-refractivity contribution in [3.05, 3.63) is 30.5 Å². The number of hydrogen-bond acceptors (Lipinski definition) is 5. The van der Waals surface area contributed by atoms with Gasteiger partial charge in [-0.2, -0.15) is 0 Å². The summed E-state index contributed by atoms with van der Waals surface area (Å²) in [6.07, 6.45) is 2.55. The van der Waals surface area contributed by atoms with Crippen molar-refractivity contribution in [1.82, 2.24) is 9.88 Å². The summed E-state index contributed by atoms with van der Waals surface area (Å²) in [4.78, 5) is 20.8. The molecule has 0 bridgehead atoms. The molecule has 0 unspecified atom stereocenters. The lowest BCUT2D eigenvalue weighted by Gasteiger charge is -2.28. The van der Waals surface area contributed by atoms with E-state index >= 15 is 0 Å². The molecule has 1 aromatic carbocycles. The highest BCUT2D eigenvalue weighted by atomic mass is 16.6. The second-order valence-electron chi connectivity index (χ2n) is 7.73. The van der Waals surface area contributed by atoms with Crippen LogP contribution < -0.4 is 9.64 Å². The molecule has 6 nitrogen and oxygen atoms in total. The fourth-order valence-corrected chi connectivity index (χ4v) is 3.17. The highest BCUT2D eigenvalue weighted by molar-refractivity contribution is 5.83. The topological polar surface area (TPSA) is 54.9 Å². The number of likely N-dealkylation sites (tertiary alicyclic amines) is 1. The lowest BCUT2D eigenvalue weighted by atomic mass is 10.1. The summed E-state index contributed by atoms with van der Waals surface area (Å²) in [5.74, 6) is 0.801. The Kier molecular flexibility index (Phi) is 4.94. The summed E-state index contributed by atoms with van der Waals surface area (Å²) < 4.78 is 10.7. The molecule has 1 fully saturated rings. The highest BCUT2D eigenvalue weighted by Gasteiger charge is 2.32. The van der Waals surface area contributed by atoms with Crippen LogP contribution in [-0.4, -0.2) is 54.9 Å². The molecule has 0 radical (unpaired) electrons. The largest absolute Gasteiger partial charge is 0.497 e. The van der Waals surface area contributed by atoms with Crippen molar-refractivity contribution >= 4 is 22.7 Å². The standard InChI is InChI=1S/C20H27N3O3/c1-20(2,3)26-19(24)23-9-8-15(13-23)22(4)16-10-14-6-7-17(25-5)11-18(14)21-12-16/h6-7,10-12,15H,8-9,13H2,1-5H3/t15-/m0/s1. The van der Waals surface area contributed by atoms with Crippen molar-refractivity contribution in [2.75, 3.05) is 32.1 Å². The maximum absolute atomic E-state index is 12.3. The van der Waals surface area contributed by atoms with Crippen LogP contribution in [0.1, 0.15) is 27.2 Å². The van der Waals surface area contributed by atoms with Gasteiger partial charge in [-0.1, -0.05) is 0 Å². The van der Waals surface area contributed by atoms with Gasteiger partial charge in [-0.05, 0) is 45.4 Å². The Balaban J connectivity index is 1.70. The number of rotatable bonds is 3. The third-order valence-corrected chi connectivity index (χ3v) is 4.65. The van der Waals surface area contributed by atoms with Crippen LogP contribution in [0.25, 0.3) is 10.9 Å². The third-order valence-electron chi connectivity index (χ3n) is 4.65. The molecule has 2 heterocycles. The van der Waals surface area contributed by atoms with Crippen LogP contribution in [0.4, 0.5) is 10.5 Å². The van der Waals surface area contributed by atoms with Gasteiger partial charge in [0, 0.05) is 37.6 Å². The number of methoxy groups -OCH3 is 1. The van der Waals surface area contributed by atoms with E-state index < -0.39 is 5.60 Å². The van der Waals surface area contributed by atoms with E-state index in [2.05, 4.69) is 23.0 Å². The zero-order valence-electron chi connectivity index (χ0n) is 16.2. The predicted molar refractivity (Wildman–Crippen MR) is 103 cm³/mol. The molecule has 1 saturated heterocycles. The van der Waals surface area contributed by atoms with Crippen molar-refractivity contribution in [3.8, 4) is 5.75 Å². The Hall–Kier alpha value is -2.50. The molecule has 0 saturated carbocycles. The van der Waals surface area contributed by atoms with Crippen molar-refractivity contribution < 1.29 is 14.3 Å². The van der Waals surface area contributed by atoms with Crippen LogP contribution in [0.3, 0.4) is 0 Å². The highest BCUT2D eigenvalue weighted by Crippen LogP contribution is 2.26. The smallest absolute Gasteiger partial charge is 0.410 e. The number of anilines is 1. The summed E-state index contributed by atoms with van der Waals surface area (Å²) >= 11 is 0. The summed E-state index contributed by atoms with van der Waals surface area (Å²) in [5.41, 5.74) is 1.48. The van der Waals surface area contributed by atoms with Gasteiger partial charge in [-0.3, -0.25) is 4.98 Å². The van der Waals surface area contributed by atoms with Crippen molar-refractivity contribution in [2.24, 2.45) is 0 Å². The minimum absolute atomic E-state index is 0.239. The Morgan fingerprint density at radius 3 is 2.77 bits per heavy atom. The molecule has 26 heavy (non-hydrogen) atoms. The van der Waals surface area contributed by atoms with Gasteiger partial charge in [-0.25, -0.2) is 4.79 Å². The van der Waals surface area contributed by atoms with Gasteiger partial charge in [-0.15, -0.1) is 0 Å². The Morgan fingerprint density at radius 1 is 1.31 bits per heavy atom. The lowest BCUT2D eigenvalue weighted by Crippen LogP contribution is -2.39. The Bertz CT molecular complexity index is 800. The lowest BCUT2D eigenvalue weighted by molar-refractivity contribution is 0.0292. The SMILES string of the molecule is COc1ccc2cc(N(C)[C@H]3CCN(C(=O)OC(C)(C)C)C3)cnc2c1. The Morgan fingerprint density at radius 2 is 2.08 bits per heavy atom. The van der Waals surface area contributed by atoms with E-state index in [1.54, 1.807) is 12.0 Å². The van der Waals surface area contributed by atoms with Gasteiger partial charge in [0.2, 0.25) is 0 Å². The van der Waals surface area contributed by atoms with Gasteiger partial charge < -0.3 is 19.3 Å². The minimum atomic E-state index is -0.468. The fourth-order valence-electron chi connectivity index (χ4n) is 3.17. The molecule has 140 valence electrons. The van der Waals surface area contributed by atoms with E-state index in [1.807, 2.05) is 45.2 Å². The number of hydrogen-bond donors (Lipinski definition) is 0. The van der Waals surface area contributed by atoms with E-state index in [1.165, 1.54) is 0 Å². The van der Waals surface area contributed by atoms with Crippen molar-refractivity contribution in [1.29, 1.82) is 0 Å². The summed E-state index contributed by atoms with van der Waals surface area (Å²) in [6, 6.07) is 8.25. The number of ether oxygens (including phenoxy) is 2. The number of pyridine rings is 1. The molecular formula is C20H27N3O3. The van der Waals surface area contributed by atoms with E-state index in [0.29, 0.717) is 13.1 Å². The fraction of sp³-hybridized carbons (Fsp3) is 0.500. The number of amides is 1. The van der Waals surface area contributed by atoms with Crippen LogP contribution >= 0.6 is 0 Å². The summed E-state index contributed by atoms with van der Waals surface area (Å²) in [6.45, 7) is 7.04. The maximum Gasteiger partial charge on any atom is 0.410 e. The number of carbonyl (C=O) groups excluding carboxylic acids is 1. The maximum atomic E-state index is 12.3. The number of carbonyl (C=O) groups is 1. The number of nitrogens with zero attached hydrogens (tertiary/aromatic N) is 3. The molecule has 6 heteroatoms. The van der Waals surface area contributed by atoms with E-state index in [-0.39, 0.29) is 12.1 Å². The molecule has 2 aromatic rings. The number of aromatic nitrogens is 1. The van der Waals surface area contributed by atoms with E-state index in [0.717, 1.165) is 28.8 Å². The third kappa shape index (κ3) is 4.00. The zero-order chi connectivity index (χ0) is 18.9. The first kappa shape index (κ1) is 18.3.